The smallest absolute Gasteiger partial charge is 0 e. The zero-order valence-corrected chi connectivity index (χ0v) is 226. The molecule has 1082 valence electrons. The molecule has 0 atom stereocenters. The summed E-state index contributed by atoms with van der Waals surface area (Å²) in [4.78, 5) is 0. The predicted molar refractivity (Wildman–Crippen MR) is 0 cm³/mol. The average molecular weight is 17200 g/mol. The summed E-state index contributed by atoms with van der Waals surface area (Å²) in [5.74, 6) is 0. The molecule has 0 bridgehead atoms. The number of rotatable bonds is 0. The molecule has 0 unspecified atom stereocenters. The van der Waals surface area contributed by atoms with Crippen LogP contribution in [0.3, 0.4) is 0 Å². The molecule has 100 heteroatoms. The van der Waals surface area contributed by atoms with Crippen LogP contribution in [0.2, 0.25) is 0 Å². The molecule has 0 heterocycles. The maximum absolute atomic E-state index is 0. The third-order valence-corrected chi connectivity index (χ3v) is 0. The zero-order chi connectivity index (χ0) is 0. The van der Waals surface area contributed by atoms with Crippen molar-refractivity contribution < 1.29 is 2130 Å². The van der Waals surface area contributed by atoms with Gasteiger partial charge in [-0.05, 0) is 0 Å². The van der Waals surface area contributed by atoms with E-state index >= 15 is 0 Å². The molecule has 0 aliphatic carbocycles. The van der Waals surface area contributed by atoms with Gasteiger partial charge in [0.25, 0.3) is 0 Å². The summed E-state index contributed by atoms with van der Waals surface area (Å²) < 4.78 is 0. The molecule has 0 nitrogen and oxygen atoms in total. The summed E-state index contributed by atoms with van der Waals surface area (Å²) in [5, 5.41) is 0. The first kappa shape index (κ1) is 995. The van der Waals surface area contributed by atoms with Gasteiger partial charge < -0.3 is 0 Å². The van der Waals surface area contributed by atoms with Gasteiger partial charge in [0.2, 0.25) is 0 Å². The standard InChI is InChI=1S/82Au.18Ni. The van der Waals surface area contributed by atoms with E-state index in [2.05, 4.69) is 0 Å². The van der Waals surface area contributed by atoms with Gasteiger partial charge in [0.1, 0.15) is 0 Å². The van der Waals surface area contributed by atoms with E-state index in [-0.39, 0.29) is 2130 Å². The van der Waals surface area contributed by atoms with Crippen molar-refractivity contribution in [2.24, 2.45) is 0 Å². The molecule has 0 saturated heterocycles. The Kier molecular flexibility index (Phi) is 9730. The summed E-state index contributed by atoms with van der Waals surface area (Å²) in [7, 11) is 0. The molecular formula is Au82Ni18. The van der Waals surface area contributed by atoms with Crippen molar-refractivity contribution in [1.29, 1.82) is 0 Å². The molecule has 0 N–H and O–H groups in total. The van der Waals surface area contributed by atoms with Crippen molar-refractivity contribution >= 4 is 0 Å². The van der Waals surface area contributed by atoms with Crippen LogP contribution in [0.5, 0.6) is 0 Å². The first-order valence-corrected chi connectivity index (χ1v) is 0. The molecule has 0 saturated carbocycles. The second-order valence-corrected chi connectivity index (χ2v) is 0. The van der Waals surface area contributed by atoms with Crippen LogP contribution in [0.4, 0.5) is 0 Å². The van der Waals surface area contributed by atoms with Crippen LogP contribution in [-0.2, 0) is 2130 Å². The first-order chi connectivity index (χ1) is 0. The molecule has 82 radical (unpaired) electrons. The van der Waals surface area contributed by atoms with Crippen molar-refractivity contribution in [2.75, 3.05) is 0 Å². The minimum atomic E-state index is 0. The van der Waals surface area contributed by atoms with Crippen LogP contribution in [0.15, 0.2) is 0 Å². The van der Waals surface area contributed by atoms with Crippen LogP contribution in [-0.4, -0.2) is 0 Å². The van der Waals surface area contributed by atoms with Crippen LogP contribution in [0, 0.1) is 0 Å². The topological polar surface area (TPSA) is 0 Å². The van der Waals surface area contributed by atoms with E-state index in [0.29, 0.717) is 0 Å². The Morgan fingerprint density at radius 2 is 0.0200 bits per heavy atom. The summed E-state index contributed by atoms with van der Waals surface area (Å²) in [6.45, 7) is 0. The van der Waals surface area contributed by atoms with E-state index < -0.39 is 0 Å². The second-order valence-electron chi connectivity index (χ2n) is 0. The fourth-order valence-electron chi connectivity index (χ4n) is 0. The van der Waals surface area contributed by atoms with E-state index in [1.807, 2.05) is 0 Å². The molecule has 0 spiro atoms. The van der Waals surface area contributed by atoms with Gasteiger partial charge in [-0.3, -0.25) is 0 Å². The quantitative estimate of drug-likeness (QED) is 0.295. The summed E-state index contributed by atoms with van der Waals surface area (Å²) in [6, 6.07) is 0. The van der Waals surface area contributed by atoms with Gasteiger partial charge in [-0.2, -0.15) is 0 Å². The Hall–Kier alpha value is 69.6. The monoisotopic (exact) mass is 17200 g/mol. The summed E-state index contributed by atoms with van der Waals surface area (Å²) in [6.07, 6.45) is 0. The molecule has 0 aliphatic heterocycles. The molecular weight excluding hydrogens is 17200 g/mol. The van der Waals surface area contributed by atoms with Gasteiger partial charge in [0, 0.05) is 2130 Å². The van der Waals surface area contributed by atoms with E-state index in [4.69, 9.17) is 0 Å². The summed E-state index contributed by atoms with van der Waals surface area (Å²) in [5.41, 5.74) is 0. The van der Waals surface area contributed by atoms with Crippen molar-refractivity contribution in [3.05, 3.63) is 0 Å². The fourth-order valence-corrected chi connectivity index (χ4v) is 0. The SMILES string of the molecule is [Au].[Au].[Au].[Au].[Au].[Au].[Au].[Au].[Au].[Au].[Au].[Au].[Au].[Au].[Au].[Au].[Au].[Au].[Au].[Au].[Au].[Au].[Au].[Au].[Au].[Au].[Au].[Au].[Au].[Au].[Au].[Au].[Au].[Au].[Au].[Au].[Au].[Au].[Au].[Au].[Au].[Au].[Au].[Au].[Au].[Au].[Au].[Au].[Au].[Au].[Au].[Au].[Au].[Au].[Au].[Au].[Au].[Au].[Au].[Au].[Au].[Au].[Au].[Au].[Au].[Au].[Au].[Au].[Au].[Au].[Au].[Au].[Au].[Au].[Au].[Au].[Au].[Au].[Au].[Au].[Au].[Au].[Ni].[Ni].[Ni].[Ni].[Ni].[Ni].[Ni].[Ni].[Ni].[Ni].[Ni].[Ni].[Ni].[Ni].[Ni].[Ni].[Ni].[Ni]. The largest absolute Gasteiger partial charge is 0 e. The molecule has 0 fully saturated rings. The minimum absolute atomic E-state index is 0. The van der Waals surface area contributed by atoms with E-state index in [1.54, 1.807) is 0 Å². The van der Waals surface area contributed by atoms with Gasteiger partial charge in [0.15, 0.2) is 0 Å². The van der Waals surface area contributed by atoms with Gasteiger partial charge >= 0.3 is 0 Å². The van der Waals surface area contributed by atoms with Crippen LogP contribution in [0.25, 0.3) is 0 Å². The molecule has 0 aromatic rings. The minimum Gasteiger partial charge on any atom is 0 e. The Morgan fingerprint density at radius 1 is 0.0200 bits per heavy atom. The van der Waals surface area contributed by atoms with Gasteiger partial charge in [-0.15, -0.1) is 0 Å². The molecule has 0 rings (SSSR count). The predicted octanol–water partition coefficient (Wildman–Crippen LogP) is -0.250. The Bertz CT molecular complexity index is 68.0. The van der Waals surface area contributed by atoms with Crippen molar-refractivity contribution in [3.8, 4) is 0 Å². The Labute approximate surface area is 2060 Å². The molecule has 0 aromatic carbocycles. The third kappa shape index (κ3) is 960. The zero-order valence-electron chi connectivity index (χ0n) is 30.4. The maximum atomic E-state index is 0. The molecule has 0 amide bonds. The van der Waals surface area contributed by atoms with Gasteiger partial charge in [-0.1, -0.05) is 0 Å². The Balaban J connectivity index is 0. The van der Waals surface area contributed by atoms with Crippen molar-refractivity contribution in [3.63, 3.8) is 0 Å². The van der Waals surface area contributed by atoms with Crippen molar-refractivity contribution in [2.45, 2.75) is 0 Å². The average Bonchev–Trinajstić information content (AvgIpc) is 0. The van der Waals surface area contributed by atoms with E-state index in [0.717, 1.165) is 0 Å². The first-order valence-electron chi connectivity index (χ1n) is 0. The van der Waals surface area contributed by atoms with Gasteiger partial charge in [0.05, 0.1) is 0 Å². The van der Waals surface area contributed by atoms with Crippen LogP contribution >= 0.6 is 0 Å². The van der Waals surface area contributed by atoms with Crippen molar-refractivity contribution in [1.82, 2.24) is 0 Å². The van der Waals surface area contributed by atoms with E-state index in [1.165, 1.54) is 0 Å². The maximum Gasteiger partial charge on any atom is 0 e. The van der Waals surface area contributed by atoms with Crippen LogP contribution in [0.1, 0.15) is 0 Å². The van der Waals surface area contributed by atoms with E-state index in [9.17, 15) is 0 Å². The number of hydrogen-bond acceptors (Lipinski definition) is 0. The number of hydrogen-bond donors (Lipinski definition) is 0. The Morgan fingerprint density at radius 3 is 0.0200 bits per heavy atom. The summed E-state index contributed by atoms with van der Waals surface area (Å²) >= 11 is 0. The second kappa shape index (κ2) is 978. The molecule has 0 aliphatic rings. The third-order valence-electron chi connectivity index (χ3n) is 0. The molecule has 0 aromatic heterocycles. The normalized spacial score (nSPS) is 0. The van der Waals surface area contributed by atoms with Gasteiger partial charge in [-0.25, -0.2) is 0 Å². The fraction of sp³-hybridized carbons (Fsp3) is 0. The van der Waals surface area contributed by atoms with Crippen LogP contribution < -0.4 is 0 Å². The molecule has 100 heavy (non-hydrogen) atoms.